The van der Waals surface area contributed by atoms with Crippen LogP contribution in [0.15, 0.2) is 0 Å². The summed E-state index contributed by atoms with van der Waals surface area (Å²) in [5.74, 6) is 0. The average molecular weight is 635 g/mol. The maximum atomic E-state index is 8.75. The maximum absolute atomic E-state index is 8.75. The van der Waals surface area contributed by atoms with E-state index in [2.05, 4.69) is 118 Å². The van der Waals surface area contributed by atoms with Crippen molar-refractivity contribution in [2.75, 3.05) is 0 Å². The Morgan fingerprint density at radius 3 is 0.517 bits per heavy atom. The third-order valence-electron chi connectivity index (χ3n) is 6.11. The van der Waals surface area contributed by atoms with Gasteiger partial charge in [-0.05, 0) is 0 Å². The molecule has 8 heteroatoms. The zero-order valence-electron chi connectivity index (χ0n) is 23.6. The molecule has 0 N–H and O–H groups in total. The van der Waals surface area contributed by atoms with Crippen molar-refractivity contribution in [1.29, 1.82) is 0 Å². The van der Waals surface area contributed by atoms with Gasteiger partial charge in [-0.15, -0.1) is 0 Å². The van der Waals surface area contributed by atoms with Crippen LogP contribution in [0, 0.1) is 0 Å². The van der Waals surface area contributed by atoms with E-state index in [4.69, 9.17) is 8.83 Å². The first-order chi connectivity index (χ1) is 12.1. The molecule has 29 heavy (non-hydrogen) atoms. The van der Waals surface area contributed by atoms with Gasteiger partial charge in [0.15, 0.2) is 0 Å². The fourth-order valence-corrected chi connectivity index (χ4v) is 169. The standard InChI is InChI=1S/3C7H19Si2.ClH.Sb/c3*1-8(2,3)7-9(4,5)6;;/h3*7H,1-6H3;1H;/q;;;;+1/p-1. The van der Waals surface area contributed by atoms with E-state index in [1.54, 1.807) is 0 Å². The van der Waals surface area contributed by atoms with Crippen molar-refractivity contribution in [3.8, 4) is 0 Å². The first-order valence-corrected chi connectivity index (χ1v) is 40.8. The van der Waals surface area contributed by atoms with Crippen LogP contribution in [0.25, 0.3) is 0 Å². The summed E-state index contributed by atoms with van der Waals surface area (Å²) < 4.78 is 2.88. The Balaban J connectivity index is 7.70. The van der Waals surface area contributed by atoms with E-state index in [1.165, 1.54) is 0 Å². The summed E-state index contributed by atoms with van der Waals surface area (Å²) in [6.45, 7) is 48.5. The molecule has 0 spiro atoms. The van der Waals surface area contributed by atoms with E-state index >= 15 is 0 Å². The molecule has 0 bridgehead atoms. The van der Waals surface area contributed by atoms with Crippen LogP contribution in [0.1, 0.15) is 0 Å². The molecule has 0 heterocycles. The van der Waals surface area contributed by atoms with E-state index in [9.17, 15) is 0 Å². The van der Waals surface area contributed by atoms with E-state index in [0.717, 1.165) is 9.33 Å². The molecule has 1 radical (unpaired) electrons. The van der Waals surface area contributed by atoms with Crippen LogP contribution in [0.5, 0.6) is 0 Å². The second-order valence-electron chi connectivity index (χ2n) is 16.1. The molecular formula is C21H57ClSbSi6. The van der Waals surface area contributed by atoms with E-state index in [-0.39, 0.29) is 0 Å². The quantitative estimate of drug-likeness (QED) is 0.222. The van der Waals surface area contributed by atoms with E-state index in [0.29, 0.717) is 0 Å². The molecule has 0 unspecified atom stereocenters. The first-order valence-electron chi connectivity index (χ1n) is 11.7. The van der Waals surface area contributed by atoms with Gasteiger partial charge in [-0.25, -0.2) is 0 Å². The van der Waals surface area contributed by atoms with Crippen LogP contribution >= 0.6 is 8.83 Å². The molecule has 0 aliphatic rings. The Morgan fingerprint density at radius 2 is 0.448 bits per heavy atom. The summed E-state index contributed by atoms with van der Waals surface area (Å²) in [6, 6.07) is 0. The van der Waals surface area contributed by atoms with Crippen molar-refractivity contribution < 1.29 is 0 Å². The van der Waals surface area contributed by atoms with Gasteiger partial charge in [-0.2, -0.15) is 0 Å². The topological polar surface area (TPSA) is 0 Å². The molecule has 0 aromatic heterocycles. The SMILES string of the molecule is C[Si](C)(C)[CH]([Si](C)(C)C)[Sb]([Cl])([CH]([Si](C)(C)C)[Si](C)(C)C)[CH]([Si](C)(C)C)[Si](C)(C)C. The molecule has 0 atom stereocenters. The van der Waals surface area contributed by atoms with Gasteiger partial charge in [0.25, 0.3) is 0 Å². The molecule has 0 amide bonds. The summed E-state index contributed by atoms with van der Waals surface area (Å²) in [6.07, 6.45) is 0. The van der Waals surface area contributed by atoms with Crippen molar-refractivity contribution in [3.63, 3.8) is 0 Å². The second-order valence-corrected chi connectivity index (χ2v) is 71.0. The normalized spacial score (nSPS) is 16.3. The summed E-state index contributed by atoms with van der Waals surface area (Å²) in [5.41, 5.74) is 0. The van der Waals surface area contributed by atoms with Gasteiger partial charge in [-0.1, -0.05) is 0 Å². The Kier molecular flexibility index (Phi) is 9.99. The third kappa shape index (κ3) is 7.71. The van der Waals surface area contributed by atoms with Crippen LogP contribution in [-0.2, 0) is 0 Å². The van der Waals surface area contributed by atoms with Crippen molar-refractivity contribution in [2.45, 2.75) is 127 Å². The molecule has 0 aromatic carbocycles. The molecule has 0 saturated carbocycles. The summed E-state index contributed by atoms with van der Waals surface area (Å²) in [5, 5.41) is 0. The van der Waals surface area contributed by atoms with Crippen molar-refractivity contribution in [1.82, 2.24) is 0 Å². The molecule has 0 fully saturated rings. The van der Waals surface area contributed by atoms with Crippen molar-refractivity contribution in [2.24, 2.45) is 0 Å². The zero-order chi connectivity index (χ0) is 24.2. The number of rotatable bonds is 9. The monoisotopic (exact) mass is 633 g/mol. The fourth-order valence-electron chi connectivity index (χ4n) is 7.91. The van der Waals surface area contributed by atoms with E-state index in [1.807, 2.05) is 0 Å². The van der Waals surface area contributed by atoms with Crippen LogP contribution < -0.4 is 0 Å². The Hall–Kier alpha value is 2.41. The van der Waals surface area contributed by atoms with Crippen LogP contribution in [-0.4, -0.2) is 66.1 Å². The average Bonchev–Trinajstić information content (AvgIpc) is 2.11. The minimum absolute atomic E-state index is 0.960. The molecule has 177 valence electrons. The molecule has 0 aromatic rings. The molecule has 0 nitrogen and oxygen atoms in total. The number of hydrogen-bond donors (Lipinski definition) is 0. The van der Waals surface area contributed by atoms with E-state index < -0.39 is 66.1 Å². The molecular weight excluding hydrogens is 578 g/mol. The molecule has 0 saturated heterocycles. The Labute approximate surface area is 200 Å². The van der Waals surface area contributed by atoms with Crippen LogP contribution in [0.3, 0.4) is 0 Å². The second kappa shape index (κ2) is 9.22. The van der Waals surface area contributed by atoms with Crippen molar-refractivity contribution in [3.05, 3.63) is 0 Å². The predicted octanol–water partition coefficient (Wildman–Crippen LogP) is 9.55. The summed E-state index contributed by atoms with van der Waals surface area (Å²) >= 11 is -3.03. The number of hydrogen-bond acceptors (Lipinski definition) is 0. The zero-order valence-corrected chi connectivity index (χ0v) is 32.9. The van der Waals surface area contributed by atoms with Gasteiger partial charge in [0.1, 0.15) is 0 Å². The minimum atomic E-state index is -3.03. The fraction of sp³-hybridized carbons (Fsp3) is 1.00. The van der Waals surface area contributed by atoms with Gasteiger partial charge in [-0.3, -0.25) is 0 Å². The molecule has 0 rings (SSSR count). The first kappa shape index (κ1) is 31.4. The predicted molar refractivity (Wildman–Crippen MR) is 163 cm³/mol. The summed E-state index contributed by atoms with van der Waals surface area (Å²) in [4.78, 5) is 0. The Morgan fingerprint density at radius 1 is 0.345 bits per heavy atom. The molecule has 0 aliphatic carbocycles. The number of halogens is 1. The van der Waals surface area contributed by atoms with Gasteiger partial charge < -0.3 is 0 Å². The van der Waals surface area contributed by atoms with Crippen LogP contribution in [0.4, 0.5) is 0 Å². The summed E-state index contributed by atoms with van der Waals surface area (Å²) in [7, 11) is 0.410. The van der Waals surface area contributed by atoms with Crippen molar-refractivity contribution >= 4 is 74.9 Å². The molecule has 0 aliphatic heterocycles. The van der Waals surface area contributed by atoms with Gasteiger partial charge >= 0.3 is 202 Å². The van der Waals surface area contributed by atoms with Crippen LogP contribution in [0.2, 0.25) is 127 Å². The van der Waals surface area contributed by atoms with Gasteiger partial charge in [0.05, 0.1) is 0 Å². The Bertz CT molecular complexity index is 432. The third-order valence-corrected chi connectivity index (χ3v) is 106. The van der Waals surface area contributed by atoms with Gasteiger partial charge in [0, 0.05) is 0 Å². The van der Waals surface area contributed by atoms with Gasteiger partial charge in [0.2, 0.25) is 0 Å².